The highest BCUT2D eigenvalue weighted by Gasteiger charge is 2.22. The second-order valence-corrected chi connectivity index (χ2v) is 6.99. The van der Waals surface area contributed by atoms with E-state index in [1.807, 2.05) is 54.6 Å². The van der Waals surface area contributed by atoms with Crippen LogP contribution in [0.5, 0.6) is 0 Å². The van der Waals surface area contributed by atoms with Gasteiger partial charge in [-0.25, -0.2) is 0 Å². The largest absolute Gasteiger partial charge is 0.469 e. The van der Waals surface area contributed by atoms with Crippen LogP contribution in [0.2, 0.25) is 0 Å². The molecule has 29 heavy (non-hydrogen) atoms. The van der Waals surface area contributed by atoms with E-state index in [0.717, 1.165) is 27.8 Å². The summed E-state index contributed by atoms with van der Waals surface area (Å²) in [4.78, 5) is 12.3. The van der Waals surface area contributed by atoms with E-state index in [1.165, 1.54) is 7.11 Å². The highest BCUT2D eigenvalue weighted by molar-refractivity contribution is 5.74. The van der Waals surface area contributed by atoms with E-state index in [9.17, 15) is 4.79 Å². The van der Waals surface area contributed by atoms with E-state index in [-0.39, 0.29) is 11.9 Å². The molecule has 0 saturated heterocycles. The predicted molar refractivity (Wildman–Crippen MR) is 120 cm³/mol. The van der Waals surface area contributed by atoms with Crippen LogP contribution in [-0.2, 0) is 9.53 Å². The van der Waals surface area contributed by atoms with Gasteiger partial charge in [0.05, 0.1) is 13.5 Å². The first kappa shape index (κ1) is 20.3. The van der Waals surface area contributed by atoms with Crippen LogP contribution in [0, 0.1) is 0 Å². The zero-order valence-corrected chi connectivity index (χ0v) is 16.9. The number of methoxy groups -OCH3 is 1. The summed E-state index contributed by atoms with van der Waals surface area (Å²) < 4.78 is 5.01. The molecule has 0 saturated carbocycles. The third kappa shape index (κ3) is 5.79. The van der Waals surface area contributed by atoms with E-state index in [2.05, 4.69) is 55.5 Å². The molecule has 0 radical (unpaired) electrons. The van der Waals surface area contributed by atoms with Gasteiger partial charge in [-0.3, -0.25) is 4.79 Å². The van der Waals surface area contributed by atoms with E-state index in [1.54, 1.807) is 0 Å². The standard InChI is InChI=1S/C27H26O2/c1-21(18-22-12-6-3-7-13-22)25(19-23-14-8-4-9-15-23)26(20-27(28)29-2)24-16-10-5-11-17-24/h3-19,26H,20H2,1-2H3/b21-18+,25-19+. The number of rotatable bonds is 7. The molecule has 1 atom stereocenters. The molecule has 146 valence electrons. The molecule has 0 fully saturated rings. The topological polar surface area (TPSA) is 26.3 Å². The van der Waals surface area contributed by atoms with Crippen molar-refractivity contribution in [2.24, 2.45) is 0 Å². The maximum atomic E-state index is 12.3. The van der Waals surface area contributed by atoms with Crippen molar-refractivity contribution in [2.45, 2.75) is 19.3 Å². The van der Waals surface area contributed by atoms with Crippen LogP contribution < -0.4 is 0 Å². The second kappa shape index (κ2) is 10.2. The number of hydrogen-bond donors (Lipinski definition) is 0. The molecule has 2 heteroatoms. The minimum absolute atomic E-state index is 0.0937. The van der Waals surface area contributed by atoms with Gasteiger partial charge in [-0.2, -0.15) is 0 Å². The van der Waals surface area contributed by atoms with Crippen LogP contribution >= 0.6 is 0 Å². The van der Waals surface area contributed by atoms with Crippen LogP contribution in [0.1, 0.15) is 36.0 Å². The summed E-state index contributed by atoms with van der Waals surface area (Å²) in [5, 5.41) is 0. The lowest BCUT2D eigenvalue weighted by molar-refractivity contribution is -0.140. The molecule has 0 N–H and O–H groups in total. The van der Waals surface area contributed by atoms with Gasteiger partial charge in [0.15, 0.2) is 0 Å². The Bertz CT molecular complexity index is 971. The molecule has 3 aromatic carbocycles. The monoisotopic (exact) mass is 382 g/mol. The minimum atomic E-state index is -0.217. The normalized spacial score (nSPS) is 13.0. The first-order valence-electron chi connectivity index (χ1n) is 9.79. The Kier molecular flexibility index (Phi) is 7.18. The molecule has 0 aliphatic heterocycles. The first-order chi connectivity index (χ1) is 14.2. The summed E-state index contributed by atoms with van der Waals surface area (Å²) in [6, 6.07) is 30.6. The van der Waals surface area contributed by atoms with Gasteiger partial charge in [-0.1, -0.05) is 103 Å². The molecule has 0 aliphatic carbocycles. The fourth-order valence-electron chi connectivity index (χ4n) is 3.44. The van der Waals surface area contributed by atoms with Crippen molar-refractivity contribution < 1.29 is 9.53 Å². The van der Waals surface area contributed by atoms with Gasteiger partial charge in [0.25, 0.3) is 0 Å². The van der Waals surface area contributed by atoms with Crippen LogP contribution in [0.15, 0.2) is 102 Å². The molecule has 0 amide bonds. The van der Waals surface area contributed by atoms with Crippen LogP contribution in [0.4, 0.5) is 0 Å². The first-order valence-corrected chi connectivity index (χ1v) is 9.79. The zero-order chi connectivity index (χ0) is 20.5. The molecule has 3 aromatic rings. The van der Waals surface area contributed by atoms with Crippen molar-refractivity contribution in [3.8, 4) is 0 Å². The average Bonchev–Trinajstić information content (AvgIpc) is 2.78. The summed E-state index contributed by atoms with van der Waals surface area (Å²) in [6.07, 6.45) is 4.64. The average molecular weight is 383 g/mol. The number of hydrogen-bond acceptors (Lipinski definition) is 2. The van der Waals surface area contributed by atoms with Crippen LogP contribution in [0.3, 0.4) is 0 Å². The van der Waals surface area contributed by atoms with E-state index in [4.69, 9.17) is 4.74 Å². The smallest absolute Gasteiger partial charge is 0.306 e. The summed E-state index contributed by atoms with van der Waals surface area (Å²) in [7, 11) is 1.44. The summed E-state index contributed by atoms with van der Waals surface area (Å²) in [6.45, 7) is 2.11. The van der Waals surface area contributed by atoms with Gasteiger partial charge in [0.1, 0.15) is 0 Å². The summed E-state index contributed by atoms with van der Waals surface area (Å²) in [5.41, 5.74) is 5.57. The molecule has 2 nitrogen and oxygen atoms in total. The lowest BCUT2D eigenvalue weighted by Gasteiger charge is -2.22. The quantitative estimate of drug-likeness (QED) is 0.343. The van der Waals surface area contributed by atoms with Crippen molar-refractivity contribution in [2.75, 3.05) is 7.11 Å². The molecule has 0 spiro atoms. The highest BCUT2D eigenvalue weighted by Crippen LogP contribution is 2.35. The number of carbonyl (C=O) groups excluding carboxylic acids is 1. The highest BCUT2D eigenvalue weighted by atomic mass is 16.5. The maximum Gasteiger partial charge on any atom is 0.306 e. The number of carbonyl (C=O) groups is 1. The number of ether oxygens (including phenoxy) is 1. The van der Waals surface area contributed by atoms with E-state index in [0.29, 0.717) is 6.42 Å². The Morgan fingerprint density at radius 1 is 0.793 bits per heavy atom. The van der Waals surface area contributed by atoms with Crippen molar-refractivity contribution in [1.29, 1.82) is 0 Å². The van der Waals surface area contributed by atoms with Gasteiger partial charge >= 0.3 is 5.97 Å². The number of allylic oxidation sites excluding steroid dienone is 2. The Labute approximate surface area is 173 Å². The number of benzene rings is 3. The van der Waals surface area contributed by atoms with Crippen molar-refractivity contribution in [3.05, 3.63) is 119 Å². The number of esters is 1. The molecule has 1 unspecified atom stereocenters. The Hall–Kier alpha value is -3.39. The molecular formula is C27H26O2. The summed E-state index contributed by atoms with van der Waals surface area (Å²) in [5.74, 6) is -0.311. The van der Waals surface area contributed by atoms with Crippen LogP contribution in [-0.4, -0.2) is 13.1 Å². The van der Waals surface area contributed by atoms with Crippen molar-refractivity contribution in [1.82, 2.24) is 0 Å². The summed E-state index contributed by atoms with van der Waals surface area (Å²) >= 11 is 0. The third-order valence-corrected chi connectivity index (χ3v) is 4.94. The lowest BCUT2D eigenvalue weighted by Crippen LogP contribution is -2.12. The van der Waals surface area contributed by atoms with Gasteiger partial charge in [-0.05, 0) is 34.8 Å². The second-order valence-electron chi connectivity index (χ2n) is 6.99. The van der Waals surface area contributed by atoms with Crippen molar-refractivity contribution in [3.63, 3.8) is 0 Å². The molecule has 0 bridgehead atoms. The SMILES string of the molecule is COC(=O)CC(C(=C/c1ccccc1)/C(C)=C/c1ccccc1)c1ccccc1. The van der Waals surface area contributed by atoms with Crippen molar-refractivity contribution >= 4 is 18.1 Å². The van der Waals surface area contributed by atoms with Gasteiger partial charge < -0.3 is 4.74 Å². The fourth-order valence-corrected chi connectivity index (χ4v) is 3.44. The van der Waals surface area contributed by atoms with Gasteiger partial charge in [0.2, 0.25) is 0 Å². The Morgan fingerprint density at radius 2 is 1.28 bits per heavy atom. The predicted octanol–water partition coefficient (Wildman–Crippen LogP) is 6.52. The van der Waals surface area contributed by atoms with Crippen LogP contribution in [0.25, 0.3) is 12.2 Å². The molecule has 3 rings (SSSR count). The fraction of sp³-hybridized carbons (Fsp3) is 0.148. The molecule has 0 heterocycles. The van der Waals surface area contributed by atoms with E-state index < -0.39 is 0 Å². The minimum Gasteiger partial charge on any atom is -0.469 e. The van der Waals surface area contributed by atoms with Gasteiger partial charge in [-0.15, -0.1) is 0 Å². The Morgan fingerprint density at radius 3 is 1.79 bits per heavy atom. The Balaban J connectivity index is 2.12. The zero-order valence-electron chi connectivity index (χ0n) is 16.9. The molecule has 0 aromatic heterocycles. The van der Waals surface area contributed by atoms with Gasteiger partial charge in [0, 0.05) is 5.92 Å². The lowest BCUT2D eigenvalue weighted by atomic mass is 9.83. The molecular weight excluding hydrogens is 356 g/mol. The van der Waals surface area contributed by atoms with E-state index >= 15 is 0 Å². The third-order valence-electron chi connectivity index (χ3n) is 4.94. The maximum absolute atomic E-state index is 12.3. The molecule has 0 aliphatic rings.